The molecular formula is C18H22N2O3. The van der Waals surface area contributed by atoms with Crippen LogP contribution in [0.15, 0.2) is 24.3 Å². The number of carbonyl (C=O) groups excluding carboxylic acids is 3. The molecule has 0 spiro atoms. The summed E-state index contributed by atoms with van der Waals surface area (Å²) in [6.45, 7) is 5.44. The van der Waals surface area contributed by atoms with E-state index in [4.69, 9.17) is 0 Å². The van der Waals surface area contributed by atoms with E-state index < -0.39 is 6.04 Å². The van der Waals surface area contributed by atoms with Crippen LogP contribution in [0.3, 0.4) is 0 Å². The van der Waals surface area contributed by atoms with Crippen LogP contribution in [0.5, 0.6) is 0 Å². The van der Waals surface area contributed by atoms with Crippen LogP contribution in [0.4, 0.5) is 0 Å². The van der Waals surface area contributed by atoms with E-state index in [0.717, 1.165) is 25.9 Å². The summed E-state index contributed by atoms with van der Waals surface area (Å²) in [5.74, 6) is -0.561. The van der Waals surface area contributed by atoms with Crippen molar-refractivity contribution < 1.29 is 14.4 Å². The molecule has 0 aliphatic carbocycles. The lowest BCUT2D eigenvalue weighted by atomic mass is 10.0. The van der Waals surface area contributed by atoms with Gasteiger partial charge in [-0.3, -0.25) is 19.3 Å². The van der Waals surface area contributed by atoms with Crippen molar-refractivity contribution in [2.45, 2.75) is 39.2 Å². The van der Waals surface area contributed by atoms with Gasteiger partial charge in [-0.2, -0.15) is 0 Å². The van der Waals surface area contributed by atoms with Crippen LogP contribution >= 0.6 is 0 Å². The molecule has 0 saturated carbocycles. The van der Waals surface area contributed by atoms with Crippen LogP contribution in [-0.4, -0.2) is 46.7 Å². The molecule has 1 aromatic rings. The number of likely N-dealkylation sites (tertiary alicyclic amines) is 1. The summed E-state index contributed by atoms with van der Waals surface area (Å²) in [5.41, 5.74) is 0.806. The average molecular weight is 314 g/mol. The van der Waals surface area contributed by atoms with Crippen molar-refractivity contribution in [2.75, 3.05) is 13.1 Å². The molecule has 1 aromatic carbocycles. The third-order valence-corrected chi connectivity index (χ3v) is 4.53. The van der Waals surface area contributed by atoms with Gasteiger partial charge in [0.2, 0.25) is 5.91 Å². The summed E-state index contributed by atoms with van der Waals surface area (Å²) in [6.07, 6.45) is 2.48. The first-order valence-corrected chi connectivity index (χ1v) is 8.26. The molecule has 0 N–H and O–H groups in total. The van der Waals surface area contributed by atoms with E-state index >= 15 is 0 Å². The number of hydrogen-bond acceptors (Lipinski definition) is 3. The summed E-state index contributed by atoms with van der Waals surface area (Å²) in [7, 11) is 0. The first-order valence-electron chi connectivity index (χ1n) is 8.26. The number of amides is 3. The third-order valence-electron chi connectivity index (χ3n) is 4.53. The van der Waals surface area contributed by atoms with Gasteiger partial charge in [-0.1, -0.05) is 26.0 Å². The molecule has 0 bridgehead atoms. The molecule has 1 saturated heterocycles. The smallest absolute Gasteiger partial charge is 0.262 e. The quantitative estimate of drug-likeness (QED) is 0.801. The summed E-state index contributed by atoms with van der Waals surface area (Å²) < 4.78 is 0. The molecule has 23 heavy (non-hydrogen) atoms. The van der Waals surface area contributed by atoms with Crippen LogP contribution < -0.4 is 0 Å². The topological polar surface area (TPSA) is 57.7 Å². The van der Waals surface area contributed by atoms with Crippen molar-refractivity contribution in [1.29, 1.82) is 0 Å². The maximum Gasteiger partial charge on any atom is 0.262 e. The zero-order valence-electron chi connectivity index (χ0n) is 13.6. The summed E-state index contributed by atoms with van der Waals surface area (Å²) in [6, 6.07) is 6.10. The Balaban J connectivity index is 1.93. The summed E-state index contributed by atoms with van der Waals surface area (Å²) in [5, 5.41) is 0. The molecule has 0 aromatic heterocycles. The monoisotopic (exact) mass is 314 g/mol. The molecule has 3 rings (SSSR count). The Kier molecular flexibility index (Phi) is 4.20. The number of carbonyl (C=O) groups is 3. The van der Waals surface area contributed by atoms with E-state index in [-0.39, 0.29) is 23.6 Å². The van der Waals surface area contributed by atoms with E-state index in [9.17, 15) is 14.4 Å². The van der Waals surface area contributed by atoms with Gasteiger partial charge in [0.05, 0.1) is 11.1 Å². The van der Waals surface area contributed by atoms with Gasteiger partial charge in [0.15, 0.2) is 0 Å². The Morgan fingerprint density at radius 1 is 1.04 bits per heavy atom. The average Bonchev–Trinajstić information content (AvgIpc) is 3.14. The lowest BCUT2D eigenvalue weighted by Crippen LogP contribution is -2.50. The Morgan fingerprint density at radius 3 is 2.04 bits per heavy atom. The number of rotatable bonds is 4. The highest BCUT2D eigenvalue weighted by atomic mass is 16.2. The molecule has 122 valence electrons. The lowest BCUT2D eigenvalue weighted by Gasteiger charge is -2.30. The third kappa shape index (κ3) is 2.76. The highest BCUT2D eigenvalue weighted by Gasteiger charge is 2.44. The van der Waals surface area contributed by atoms with Crippen LogP contribution in [0, 0.1) is 5.92 Å². The highest BCUT2D eigenvalue weighted by molar-refractivity contribution is 6.22. The molecule has 5 nitrogen and oxygen atoms in total. The lowest BCUT2D eigenvalue weighted by molar-refractivity contribution is -0.134. The minimum Gasteiger partial charge on any atom is -0.341 e. The Hall–Kier alpha value is -2.17. The fraction of sp³-hybridized carbons (Fsp3) is 0.500. The maximum absolute atomic E-state index is 12.9. The molecular weight excluding hydrogens is 292 g/mol. The highest BCUT2D eigenvalue weighted by Crippen LogP contribution is 2.28. The fourth-order valence-electron chi connectivity index (χ4n) is 3.40. The van der Waals surface area contributed by atoms with Crippen molar-refractivity contribution in [3.05, 3.63) is 35.4 Å². The van der Waals surface area contributed by atoms with Crippen molar-refractivity contribution in [1.82, 2.24) is 9.80 Å². The number of nitrogens with zero attached hydrogens (tertiary/aromatic N) is 2. The Morgan fingerprint density at radius 2 is 1.57 bits per heavy atom. The SMILES string of the molecule is CC(C)C[C@H](C(=O)N1CCCC1)N1C(=O)c2ccccc2C1=O. The van der Waals surface area contributed by atoms with Gasteiger partial charge in [0.25, 0.3) is 11.8 Å². The standard InChI is InChI=1S/C18H22N2O3/c1-12(2)11-15(18(23)19-9-5-6-10-19)20-16(21)13-7-3-4-8-14(13)17(20)22/h3-4,7-8,12,15H,5-6,9-11H2,1-2H3/t15-/m1/s1. The molecule has 5 heteroatoms. The number of benzene rings is 1. The van der Waals surface area contributed by atoms with Crippen molar-refractivity contribution in [2.24, 2.45) is 5.92 Å². The van der Waals surface area contributed by atoms with E-state index in [2.05, 4.69) is 0 Å². The van der Waals surface area contributed by atoms with Crippen molar-refractivity contribution in [3.8, 4) is 0 Å². The van der Waals surface area contributed by atoms with E-state index in [1.807, 2.05) is 13.8 Å². The summed E-state index contributed by atoms with van der Waals surface area (Å²) >= 11 is 0. The van der Waals surface area contributed by atoms with Crippen molar-refractivity contribution >= 4 is 17.7 Å². The van der Waals surface area contributed by atoms with Crippen LogP contribution in [-0.2, 0) is 4.79 Å². The normalized spacial score (nSPS) is 18.7. The number of hydrogen-bond donors (Lipinski definition) is 0. The van der Waals surface area contributed by atoms with E-state index in [1.165, 1.54) is 4.90 Å². The zero-order chi connectivity index (χ0) is 16.6. The molecule has 2 aliphatic rings. The second-order valence-corrected chi connectivity index (χ2v) is 6.70. The van der Waals surface area contributed by atoms with E-state index in [1.54, 1.807) is 29.2 Å². The van der Waals surface area contributed by atoms with Gasteiger partial charge < -0.3 is 4.90 Å². The zero-order valence-corrected chi connectivity index (χ0v) is 13.6. The van der Waals surface area contributed by atoms with Gasteiger partial charge in [-0.15, -0.1) is 0 Å². The molecule has 1 atom stereocenters. The number of imide groups is 1. The van der Waals surface area contributed by atoms with Gasteiger partial charge in [0.1, 0.15) is 6.04 Å². The maximum atomic E-state index is 12.9. The molecule has 1 fully saturated rings. The second kappa shape index (κ2) is 6.14. The van der Waals surface area contributed by atoms with Gasteiger partial charge in [-0.25, -0.2) is 0 Å². The predicted octanol–water partition coefficient (Wildman–Crippen LogP) is 2.32. The fourth-order valence-corrected chi connectivity index (χ4v) is 3.40. The Bertz CT molecular complexity index is 612. The summed E-state index contributed by atoms with van der Waals surface area (Å²) in [4.78, 5) is 41.2. The first-order chi connectivity index (χ1) is 11.0. The van der Waals surface area contributed by atoms with Crippen LogP contribution in [0.25, 0.3) is 0 Å². The molecule has 0 unspecified atom stereocenters. The minimum atomic E-state index is -0.694. The number of fused-ring (bicyclic) bond motifs is 1. The van der Waals surface area contributed by atoms with Crippen LogP contribution in [0.2, 0.25) is 0 Å². The molecule has 2 aliphatic heterocycles. The van der Waals surface area contributed by atoms with Crippen molar-refractivity contribution in [3.63, 3.8) is 0 Å². The predicted molar refractivity (Wildman–Crippen MR) is 86.0 cm³/mol. The molecule has 2 heterocycles. The van der Waals surface area contributed by atoms with Gasteiger partial charge >= 0.3 is 0 Å². The van der Waals surface area contributed by atoms with Gasteiger partial charge in [0, 0.05) is 13.1 Å². The largest absolute Gasteiger partial charge is 0.341 e. The van der Waals surface area contributed by atoms with Crippen LogP contribution in [0.1, 0.15) is 53.8 Å². The molecule has 3 amide bonds. The second-order valence-electron chi connectivity index (χ2n) is 6.70. The van der Waals surface area contributed by atoms with E-state index in [0.29, 0.717) is 17.5 Å². The Labute approximate surface area is 136 Å². The first kappa shape index (κ1) is 15.7. The van der Waals surface area contributed by atoms with Gasteiger partial charge in [-0.05, 0) is 37.3 Å². The minimum absolute atomic E-state index is 0.0919. The molecule has 0 radical (unpaired) electrons.